The Hall–Kier alpha value is -2.05. The summed E-state index contributed by atoms with van der Waals surface area (Å²) in [5.74, 6) is -0.412. The Labute approximate surface area is 120 Å². The van der Waals surface area contributed by atoms with Crippen LogP contribution in [-0.4, -0.2) is 32.2 Å². The summed E-state index contributed by atoms with van der Waals surface area (Å²) in [4.78, 5) is 11.6. The van der Waals surface area contributed by atoms with Crippen molar-refractivity contribution in [1.29, 1.82) is 10.5 Å². The zero-order valence-electron chi connectivity index (χ0n) is 11.9. The summed E-state index contributed by atoms with van der Waals surface area (Å²) < 4.78 is 5.36. The lowest BCUT2D eigenvalue weighted by atomic mass is 10.3. The van der Waals surface area contributed by atoms with Crippen molar-refractivity contribution in [1.82, 2.24) is 10.6 Å². The lowest BCUT2D eigenvalue weighted by Crippen LogP contribution is -2.27. The molecule has 0 unspecified atom stereocenters. The van der Waals surface area contributed by atoms with Crippen molar-refractivity contribution in [3.8, 4) is 12.1 Å². The van der Waals surface area contributed by atoms with Gasteiger partial charge in [0.1, 0.15) is 11.6 Å². The monoisotopic (exact) mass is 278 g/mol. The minimum atomic E-state index is -0.412. The van der Waals surface area contributed by atoms with Gasteiger partial charge >= 0.3 is 0 Å². The van der Waals surface area contributed by atoms with E-state index in [9.17, 15) is 4.79 Å². The Bertz CT molecular complexity index is 380. The molecule has 1 amide bonds. The number of rotatable bonds is 11. The van der Waals surface area contributed by atoms with Crippen LogP contribution in [0.2, 0.25) is 0 Å². The molecule has 0 aromatic carbocycles. The van der Waals surface area contributed by atoms with Gasteiger partial charge in [-0.25, -0.2) is 0 Å². The molecule has 20 heavy (non-hydrogen) atoms. The fourth-order valence-corrected chi connectivity index (χ4v) is 1.27. The van der Waals surface area contributed by atoms with E-state index in [0.717, 1.165) is 25.9 Å². The topological polar surface area (TPSA) is 97.9 Å². The zero-order valence-corrected chi connectivity index (χ0v) is 11.9. The molecule has 0 aromatic rings. The Morgan fingerprint density at radius 2 is 2.00 bits per heavy atom. The van der Waals surface area contributed by atoms with Gasteiger partial charge in [-0.1, -0.05) is 13.3 Å². The van der Waals surface area contributed by atoms with Crippen LogP contribution in [0, 0.1) is 22.7 Å². The molecule has 0 saturated carbocycles. The number of unbranched alkanes of at least 4 members (excludes halogenated alkanes) is 1. The average molecular weight is 278 g/mol. The van der Waals surface area contributed by atoms with E-state index in [0.29, 0.717) is 26.1 Å². The van der Waals surface area contributed by atoms with Gasteiger partial charge in [0.15, 0.2) is 0 Å². The van der Waals surface area contributed by atoms with Gasteiger partial charge in [0, 0.05) is 32.5 Å². The van der Waals surface area contributed by atoms with Crippen LogP contribution in [-0.2, 0) is 9.53 Å². The summed E-state index contributed by atoms with van der Waals surface area (Å²) in [7, 11) is 0. The van der Waals surface area contributed by atoms with Crippen LogP contribution in [0.1, 0.15) is 32.6 Å². The van der Waals surface area contributed by atoms with Crippen molar-refractivity contribution >= 4 is 5.91 Å². The molecule has 0 radical (unpaired) electrons. The molecule has 0 aliphatic carbocycles. The van der Waals surface area contributed by atoms with Crippen LogP contribution in [0.3, 0.4) is 0 Å². The SMILES string of the molecule is CCCCOCCCNC(=O)/C(C#N)=C\NCCC#N. The van der Waals surface area contributed by atoms with Gasteiger partial charge in [-0.3, -0.25) is 4.79 Å². The van der Waals surface area contributed by atoms with E-state index in [-0.39, 0.29) is 5.57 Å². The molecule has 0 spiro atoms. The normalized spacial score (nSPS) is 10.4. The number of nitrogens with one attached hydrogen (secondary N) is 2. The van der Waals surface area contributed by atoms with Crippen LogP contribution in [0.4, 0.5) is 0 Å². The molecule has 0 fully saturated rings. The van der Waals surface area contributed by atoms with E-state index in [2.05, 4.69) is 17.6 Å². The second-order valence-corrected chi connectivity index (χ2v) is 4.11. The highest BCUT2D eigenvalue weighted by Gasteiger charge is 2.07. The summed E-state index contributed by atoms with van der Waals surface area (Å²) in [6, 6.07) is 3.78. The first-order chi connectivity index (χ1) is 9.76. The third-order valence-corrected chi connectivity index (χ3v) is 2.39. The Balaban J connectivity index is 3.77. The van der Waals surface area contributed by atoms with E-state index in [4.69, 9.17) is 15.3 Å². The van der Waals surface area contributed by atoms with Crippen LogP contribution in [0.15, 0.2) is 11.8 Å². The van der Waals surface area contributed by atoms with E-state index < -0.39 is 5.91 Å². The number of hydrogen-bond donors (Lipinski definition) is 2. The van der Waals surface area contributed by atoms with Crippen LogP contribution < -0.4 is 10.6 Å². The first kappa shape index (κ1) is 17.9. The fourth-order valence-electron chi connectivity index (χ4n) is 1.27. The molecule has 0 bridgehead atoms. The van der Waals surface area contributed by atoms with Gasteiger partial charge in [0.2, 0.25) is 0 Å². The standard InChI is InChI=1S/C14H22N4O2/c1-2-3-9-20-10-5-8-18-14(19)13(11-16)12-17-7-4-6-15/h12,17H,2-5,7-10H2,1H3,(H,18,19)/b13-12-. The van der Waals surface area contributed by atoms with Crippen molar-refractivity contribution in [3.63, 3.8) is 0 Å². The van der Waals surface area contributed by atoms with Crippen LogP contribution in [0.25, 0.3) is 0 Å². The maximum atomic E-state index is 11.6. The maximum Gasteiger partial charge on any atom is 0.263 e. The highest BCUT2D eigenvalue weighted by Crippen LogP contribution is 1.92. The number of nitriles is 2. The first-order valence-electron chi connectivity index (χ1n) is 6.82. The van der Waals surface area contributed by atoms with Gasteiger partial charge in [-0.05, 0) is 12.8 Å². The minimum absolute atomic E-state index is 0.00911. The first-order valence-corrected chi connectivity index (χ1v) is 6.82. The predicted octanol–water partition coefficient (Wildman–Crippen LogP) is 1.22. The molecular formula is C14H22N4O2. The molecule has 0 atom stereocenters. The maximum absolute atomic E-state index is 11.6. The van der Waals surface area contributed by atoms with Gasteiger partial charge < -0.3 is 15.4 Å². The van der Waals surface area contributed by atoms with Crippen molar-refractivity contribution < 1.29 is 9.53 Å². The summed E-state index contributed by atoms with van der Waals surface area (Å²) in [5.41, 5.74) is 0.00911. The third-order valence-electron chi connectivity index (χ3n) is 2.39. The van der Waals surface area contributed by atoms with Crippen molar-refractivity contribution in [2.45, 2.75) is 32.6 Å². The molecule has 0 rings (SSSR count). The smallest absolute Gasteiger partial charge is 0.263 e. The molecule has 6 nitrogen and oxygen atoms in total. The van der Waals surface area contributed by atoms with E-state index in [1.54, 1.807) is 0 Å². The Kier molecular flexibility index (Phi) is 12.0. The number of hydrogen-bond acceptors (Lipinski definition) is 5. The number of carbonyl (C=O) groups excluding carboxylic acids is 1. The molecular weight excluding hydrogens is 256 g/mol. The van der Waals surface area contributed by atoms with Crippen LogP contribution >= 0.6 is 0 Å². The van der Waals surface area contributed by atoms with Crippen molar-refractivity contribution in [2.75, 3.05) is 26.3 Å². The quantitative estimate of drug-likeness (QED) is 0.336. The van der Waals surface area contributed by atoms with Crippen molar-refractivity contribution in [2.24, 2.45) is 0 Å². The predicted molar refractivity (Wildman–Crippen MR) is 75.3 cm³/mol. The molecule has 0 aromatic heterocycles. The summed E-state index contributed by atoms with van der Waals surface area (Å²) >= 11 is 0. The number of carbonyl (C=O) groups is 1. The molecule has 0 aliphatic rings. The average Bonchev–Trinajstić information content (AvgIpc) is 2.46. The minimum Gasteiger partial charge on any atom is -0.389 e. The molecule has 0 heterocycles. The number of amides is 1. The Morgan fingerprint density at radius 1 is 1.25 bits per heavy atom. The largest absolute Gasteiger partial charge is 0.389 e. The molecule has 0 aliphatic heterocycles. The van der Waals surface area contributed by atoms with E-state index >= 15 is 0 Å². The second-order valence-electron chi connectivity index (χ2n) is 4.11. The van der Waals surface area contributed by atoms with E-state index in [1.807, 2.05) is 12.1 Å². The highest BCUT2D eigenvalue weighted by molar-refractivity contribution is 5.97. The van der Waals surface area contributed by atoms with E-state index in [1.165, 1.54) is 6.20 Å². The zero-order chi connectivity index (χ0) is 15.1. The molecule has 2 N–H and O–H groups in total. The van der Waals surface area contributed by atoms with Crippen molar-refractivity contribution in [3.05, 3.63) is 11.8 Å². The summed E-state index contributed by atoms with van der Waals surface area (Å²) in [5, 5.41) is 22.6. The van der Waals surface area contributed by atoms with Gasteiger partial charge in [-0.15, -0.1) is 0 Å². The number of nitrogens with zero attached hydrogens (tertiary/aromatic N) is 2. The lowest BCUT2D eigenvalue weighted by Gasteiger charge is -2.05. The third kappa shape index (κ3) is 9.93. The highest BCUT2D eigenvalue weighted by atomic mass is 16.5. The summed E-state index contributed by atoms with van der Waals surface area (Å²) in [6.45, 7) is 4.34. The lowest BCUT2D eigenvalue weighted by molar-refractivity contribution is -0.117. The Morgan fingerprint density at radius 3 is 2.65 bits per heavy atom. The molecule has 0 saturated heterocycles. The second kappa shape index (κ2) is 13.4. The summed E-state index contributed by atoms with van der Waals surface area (Å²) in [6.07, 6.45) is 4.53. The number of ether oxygens (including phenoxy) is 1. The fraction of sp³-hybridized carbons (Fsp3) is 0.643. The van der Waals surface area contributed by atoms with Crippen LogP contribution in [0.5, 0.6) is 0 Å². The van der Waals surface area contributed by atoms with Gasteiger partial charge in [-0.2, -0.15) is 10.5 Å². The molecule has 110 valence electrons. The molecule has 6 heteroatoms. The van der Waals surface area contributed by atoms with Gasteiger partial charge in [0.25, 0.3) is 5.91 Å². The van der Waals surface area contributed by atoms with Gasteiger partial charge in [0.05, 0.1) is 12.5 Å².